The number of halogens is 2. The van der Waals surface area contributed by atoms with Crippen molar-refractivity contribution in [1.82, 2.24) is 5.43 Å². The Morgan fingerprint density at radius 3 is 2.49 bits per heavy atom. The topological polar surface area (TPSA) is 112 Å². The SMILES string of the molecule is CCOc1cc(C(=O)N/N=C/c2cc(Br)cc(Br)c2OCC(N)=O)ccc1OCc1ccccc1. The molecule has 0 aliphatic heterocycles. The molecule has 0 unspecified atom stereocenters. The highest BCUT2D eigenvalue weighted by atomic mass is 79.9. The minimum absolute atomic E-state index is 0.299. The third-order valence-corrected chi connectivity index (χ3v) is 5.56. The number of amides is 2. The first-order valence-electron chi connectivity index (χ1n) is 10.5. The Labute approximate surface area is 219 Å². The summed E-state index contributed by atoms with van der Waals surface area (Å²) in [4.78, 5) is 23.8. The number of rotatable bonds is 11. The molecule has 0 bridgehead atoms. The molecule has 2 amide bonds. The molecule has 182 valence electrons. The molecule has 0 aromatic heterocycles. The summed E-state index contributed by atoms with van der Waals surface area (Å²) in [7, 11) is 0. The van der Waals surface area contributed by atoms with E-state index in [0.717, 1.165) is 10.0 Å². The number of nitrogens with zero attached hydrogens (tertiary/aromatic N) is 1. The second-order valence-corrected chi connectivity index (χ2v) is 8.90. The normalized spacial score (nSPS) is 10.7. The number of hydrogen-bond acceptors (Lipinski definition) is 6. The molecule has 3 N–H and O–H groups in total. The molecule has 3 aromatic rings. The van der Waals surface area contributed by atoms with Crippen LogP contribution in [0.2, 0.25) is 0 Å². The van der Waals surface area contributed by atoms with Crippen molar-refractivity contribution in [2.45, 2.75) is 13.5 Å². The van der Waals surface area contributed by atoms with Crippen LogP contribution in [0.25, 0.3) is 0 Å². The van der Waals surface area contributed by atoms with Crippen LogP contribution in [-0.4, -0.2) is 31.2 Å². The van der Waals surface area contributed by atoms with Gasteiger partial charge in [-0.15, -0.1) is 0 Å². The van der Waals surface area contributed by atoms with Crippen molar-refractivity contribution in [2.75, 3.05) is 13.2 Å². The molecule has 10 heteroatoms. The van der Waals surface area contributed by atoms with Crippen LogP contribution in [0.3, 0.4) is 0 Å². The van der Waals surface area contributed by atoms with Gasteiger partial charge in [0.25, 0.3) is 11.8 Å². The van der Waals surface area contributed by atoms with E-state index in [4.69, 9.17) is 19.9 Å². The Morgan fingerprint density at radius 1 is 1.00 bits per heavy atom. The van der Waals surface area contributed by atoms with Gasteiger partial charge in [-0.1, -0.05) is 46.3 Å². The number of carbonyl (C=O) groups excluding carboxylic acids is 2. The lowest BCUT2D eigenvalue weighted by Gasteiger charge is -2.13. The summed E-state index contributed by atoms with van der Waals surface area (Å²) in [5, 5.41) is 4.03. The van der Waals surface area contributed by atoms with Crippen LogP contribution in [0.5, 0.6) is 17.2 Å². The third-order valence-electron chi connectivity index (χ3n) is 4.51. The molecule has 0 atom stereocenters. The monoisotopic (exact) mass is 603 g/mol. The zero-order valence-corrected chi connectivity index (χ0v) is 22.0. The van der Waals surface area contributed by atoms with Gasteiger partial charge >= 0.3 is 0 Å². The first-order valence-corrected chi connectivity index (χ1v) is 12.1. The molecular weight excluding hydrogens is 582 g/mol. The highest BCUT2D eigenvalue weighted by Crippen LogP contribution is 2.32. The molecule has 0 fully saturated rings. The van der Waals surface area contributed by atoms with Crippen LogP contribution in [-0.2, 0) is 11.4 Å². The van der Waals surface area contributed by atoms with Gasteiger partial charge in [0, 0.05) is 15.6 Å². The summed E-state index contributed by atoms with van der Waals surface area (Å²) >= 11 is 6.77. The van der Waals surface area contributed by atoms with Gasteiger partial charge in [0.05, 0.1) is 17.3 Å². The predicted octanol–water partition coefficient (Wildman–Crippen LogP) is 4.82. The first kappa shape index (κ1) is 26.2. The van der Waals surface area contributed by atoms with E-state index < -0.39 is 11.8 Å². The molecule has 0 aliphatic carbocycles. The summed E-state index contributed by atoms with van der Waals surface area (Å²) in [5.41, 5.74) is 9.53. The molecule has 0 radical (unpaired) electrons. The van der Waals surface area contributed by atoms with Gasteiger partial charge in [-0.05, 0) is 58.7 Å². The molecule has 0 saturated heterocycles. The van der Waals surface area contributed by atoms with Crippen molar-refractivity contribution in [3.8, 4) is 17.2 Å². The smallest absolute Gasteiger partial charge is 0.271 e. The summed E-state index contributed by atoms with van der Waals surface area (Å²) in [6, 6.07) is 18.2. The maximum atomic E-state index is 12.7. The Balaban J connectivity index is 1.72. The number of benzene rings is 3. The standard InChI is InChI=1S/C25H23Br2N3O5/c1-2-33-22-11-17(8-9-21(22)34-14-16-6-4-3-5-7-16)25(32)30-29-13-18-10-19(26)12-20(27)24(18)35-15-23(28)31/h3-13H,2,14-15H2,1H3,(H2,28,31)(H,30,32)/b29-13+. The fourth-order valence-electron chi connectivity index (χ4n) is 2.97. The fraction of sp³-hybridized carbons (Fsp3) is 0.160. The van der Waals surface area contributed by atoms with Crippen molar-refractivity contribution < 1.29 is 23.8 Å². The maximum Gasteiger partial charge on any atom is 0.271 e. The van der Waals surface area contributed by atoms with E-state index in [0.29, 0.717) is 46.1 Å². The number of ether oxygens (including phenoxy) is 3. The van der Waals surface area contributed by atoms with Crippen LogP contribution in [0.1, 0.15) is 28.4 Å². The quantitative estimate of drug-likeness (QED) is 0.241. The van der Waals surface area contributed by atoms with Crippen molar-refractivity contribution >= 4 is 49.9 Å². The first-order chi connectivity index (χ1) is 16.9. The van der Waals surface area contributed by atoms with Crippen LogP contribution < -0.4 is 25.4 Å². The lowest BCUT2D eigenvalue weighted by Crippen LogP contribution is -2.21. The second-order valence-electron chi connectivity index (χ2n) is 7.13. The number of carbonyl (C=O) groups is 2. The molecular formula is C25H23Br2N3O5. The largest absolute Gasteiger partial charge is 0.490 e. The number of nitrogens with one attached hydrogen (secondary N) is 1. The molecule has 0 saturated carbocycles. The summed E-state index contributed by atoms with van der Waals surface area (Å²) in [6.45, 7) is 2.34. The number of nitrogens with two attached hydrogens (primary N) is 1. The van der Waals surface area contributed by atoms with E-state index in [2.05, 4.69) is 42.4 Å². The average molecular weight is 605 g/mol. The minimum atomic E-state index is -0.614. The van der Waals surface area contributed by atoms with Gasteiger partial charge in [0.2, 0.25) is 0 Å². The number of primary amides is 1. The van der Waals surface area contributed by atoms with Gasteiger partial charge in [-0.25, -0.2) is 5.43 Å². The third kappa shape index (κ3) is 7.83. The molecule has 3 aromatic carbocycles. The Kier molecular flexibility index (Phi) is 9.68. The summed E-state index contributed by atoms with van der Waals surface area (Å²) in [5.74, 6) is 0.301. The van der Waals surface area contributed by atoms with Gasteiger partial charge in [-0.2, -0.15) is 5.10 Å². The van der Waals surface area contributed by atoms with Crippen LogP contribution in [0.4, 0.5) is 0 Å². The van der Waals surface area contributed by atoms with E-state index in [-0.39, 0.29) is 6.61 Å². The fourth-order valence-corrected chi connectivity index (χ4v) is 4.34. The molecule has 3 rings (SSSR count). The van der Waals surface area contributed by atoms with Crippen molar-refractivity contribution in [3.05, 3.63) is 86.3 Å². The lowest BCUT2D eigenvalue weighted by atomic mass is 10.2. The van der Waals surface area contributed by atoms with E-state index in [1.54, 1.807) is 30.3 Å². The average Bonchev–Trinajstić information content (AvgIpc) is 2.83. The van der Waals surface area contributed by atoms with Crippen molar-refractivity contribution in [1.29, 1.82) is 0 Å². The van der Waals surface area contributed by atoms with Gasteiger partial charge in [0.1, 0.15) is 12.4 Å². The van der Waals surface area contributed by atoms with E-state index in [1.807, 2.05) is 37.3 Å². The number of hydrazone groups is 1. The number of hydrogen-bond donors (Lipinski definition) is 2. The Morgan fingerprint density at radius 2 is 1.77 bits per heavy atom. The molecule has 35 heavy (non-hydrogen) atoms. The van der Waals surface area contributed by atoms with Gasteiger partial charge in [0.15, 0.2) is 18.1 Å². The zero-order chi connectivity index (χ0) is 25.2. The molecule has 0 heterocycles. The van der Waals surface area contributed by atoms with E-state index >= 15 is 0 Å². The van der Waals surface area contributed by atoms with Gasteiger partial charge in [-0.3, -0.25) is 9.59 Å². The van der Waals surface area contributed by atoms with Crippen LogP contribution >= 0.6 is 31.9 Å². The minimum Gasteiger partial charge on any atom is -0.490 e. The van der Waals surface area contributed by atoms with Crippen molar-refractivity contribution in [2.24, 2.45) is 10.8 Å². The molecule has 0 aliphatic rings. The summed E-state index contributed by atoms with van der Waals surface area (Å²) in [6.07, 6.45) is 1.41. The lowest BCUT2D eigenvalue weighted by molar-refractivity contribution is -0.119. The van der Waals surface area contributed by atoms with Crippen molar-refractivity contribution in [3.63, 3.8) is 0 Å². The second kappa shape index (κ2) is 12.9. The van der Waals surface area contributed by atoms with Gasteiger partial charge < -0.3 is 19.9 Å². The zero-order valence-electron chi connectivity index (χ0n) is 18.8. The molecule has 0 spiro atoms. The Bertz CT molecular complexity index is 1220. The highest BCUT2D eigenvalue weighted by Gasteiger charge is 2.13. The molecule has 8 nitrogen and oxygen atoms in total. The predicted molar refractivity (Wildman–Crippen MR) is 140 cm³/mol. The summed E-state index contributed by atoms with van der Waals surface area (Å²) < 4.78 is 18.4. The van der Waals surface area contributed by atoms with Crippen LogP contribution in [0.15, 0.2) is 74.7 Å². The highest BCUT2D eigenvalue weighted by molar-refractivity contribution is 9.11. The van der Waals surface area contributed by atoms with Crippen LogP contribution in [0, 0.1) is 0 Å². The van der Waals surface area contributed by atoms with E-state index in [9.17, 15) is 9.59 Å². The Hall–Kier alpha value is -3.37. The van der Waals surface area contributed by atoms with E-state index in [1.165, 1.54) is 6.21 Å². The maximum absolute atomic E-state index is 12.7.